The molecule has 0 unspecified atom stereocenters. The molecule has 0 saturated carbocycles. The molecule has 3 aromatic rings. The van der Waals surface area contributed by atoms with Gasteiger partial charge in [-0.25, -0.2) is 13.2 Å². The number of methoxy groups -OCH3 is 1. The minimum absolute atomic E-state index is 0.0336. The Hall–Kier alpha value is -3.37. The summed E-state index contributed by atoms with van der Waals surface area (Å²) in [6.45, 7) is 2.36. The third-order valence-electron chi connectivity index (χ3n) is 4.53. The van der Waals surface area contributed by atoms with Crippen LogP contribution in [-0.4, -0.2) is 41.1 Å². The molecule has 0 aliphatic rings. The van der Waals surface area contributed by atoms with E-state index in [-0.39, 0.29) is 15.3 Å². The largest absolute Gasteiger partial charge is 0.494 e. The van der Waals surface area contributed by atoms with E-state index < -0.39 is 21.9 Å². The van der Waals surface area contributed by atoms with E-state index in [4.69, 9.17) is 4.74 Å². The third-order valence-corrected chi connectivity index (χ3v) is 7.40. The van der Waals surface area contributed by atoms with E-state index in [1.54, 1.807) is 47.8 Å². The number of amides is 1. The number of carbonyl (C=O) groups excluding carboxylic acids is 2. The lowest BCUT2D eigenvalue weighted by molar-refractivity contribution is 0.0600. The van der Waals surface area contributed by atoms with E-state index in [1.165, 1.54) is 26.3 Å². The third kappa shape index (κ3) is 4.92. The molecule has 1 amide bonds. The van der Waals surface area contributed by atoms with Gasteiger partial charge in [-0.2, -0.15) is 0 Å². The summed E-state index contributed by atoms with van der Waals surface area (Å²) in [6.07, 6.45) is 0. The first-order valence-electron chi connectivity index (χ1n) is 9.57. The van der Waals surface area contributed by atoms with Crippen molar-refractivity contribution in [1.29, 1.82) is 0 Å². The SMILES string of the molecule is CCOc1ccc(N(C)S(=O)(=O)c2ccsc2C(=O)Nc2cccc(C(=O)OC)c2)cc1. The average molecular weight is 475 g/mol. The molecule has 2 aromatic carbocycles. The molecule has 0 bridgehead atoms. The zero-order valence-corrected chi connectivity index (χ0v) is 19.3. The van der Waals surface area contributed by atoms with Crippen LogP contribution in [0.2, 0.25) is 0 Å². The molecule has 10 heteroatoms. The van der Waals surface area contributed by atoms with Gasteiger partial charge in [0.25, 0.3) is 15.9 Å². The van der Waals surface area contributed by atoms with E-state index in [0.29, 0.717) is 23.7 Å². The lowest BCUT2D eigenvalue weighted by Gasteiger charge is -2.20. The Balaban J connectivity index is 1.85. The van der Waals surface area contributed by atoms with Crippen molar-refractivity contribution >= 4 is 44.6 Å². The van der Waals surface area contributed by atoms with Crippen LogP contribution in [0.15, 0.2) is 64.9 Å². The van der Waals surface area contributed by atoms with E-state index in [0.717, 1.165) is 15.6 Å². The van der Waals surface area contributed by atoms with Crippen molar-refractivity contribution in [2.45, 2.75) is 11.8 Å². The Morgan fingerprint density at radius 2 is 1.81 bits per heavy atom. The van der Waals surface area contributed by atoms with Gasteiger partial charge in [0.1, 0.15) is 15.5 Å². The zero-order valence-electron chi connectivity index (χ0n) is 17.7. The lowest BCUT2D eigenvalue weighted by Crippen LogP contribution is -2.28. The fourth-order valence-corrected chi connectivity index (χ4v) is 5.39. The highest BCUT2D eigenvalue weighted by Gasteiger charge is 2.28. The fraction of sp³-hybridized carbons (Fsp3) is 0.182. The van der Waals surface area contributed by atoms with Gasteiger partial charge in [0.15, 0.2) is 0 Å². The van der Waals surface area contributed by atoms with Gasteiger partial charge in [-0.15, -0.1) is 11.3 Å². The van der Waals surface area contributed by atoms with Crippen LogP contribution < -0.4 is 14.4 Å². The predicted octanol–water partition coefficient (Wildman–Crippen LogP) is 4.01. The van der Waals surface area contributed by atoms with Gasteiger partial charge >= 0.3 is 5.97 Å². The second kappa shape index (κ2) is 9.84. The van der Waals surface area contributed by atoms with Crippen LogP contribution >= 0.6 is 11.3 Å². The molecular weight excluding hydrogens is 452 g/mol. The molecule has 168 valence electrons. The first-order chi connectivity index (χ1) is 15.3. The molecule has 0 spiro atoms. The van der Waals surface area contributed by atoms with Crippen LogP contribution in [0.25, 0.3) is 0 Å². The first kappa shape index (κ1) is 23.3. The molecule has 8 nitrogen and oxygen atoms in total. The van der Waals surface area contributed by atoms with E-state index >= 15 is 0 Å². The molecule has 0 saturated heterocycles. The van der Waals surface area contributed by atoms with Crippen molar-refractivity contribution in [3.05, 3.63) is 70.4 Å². The van der Waals surface area contributed by atoms with E-state index in [2.05, 4.69) is 10.1 Å². The highest BCUT2D eigenvalue weighted by atomic mass is 32.2. The molecular formula is C22H22N2O6S2. The highest BCUT2D eigenvalue weighted by molar-refractivity contribution is 7.93. The number of thiophene rings is 1. The Morgan fingerprint density at radius 3 is 2.47 bits per heavy atom. The Kier molecular flexibility index (Phi) is 7.16. The van der Waals surface area contributed by atoms with Gasteiger partial charge in [0, 0.05) is 12.7 Å². The normalized spacial score (nSPS) is 11.0. The van der Waals surface area contributed by atoms with Gasteiger partial charge in [-0.3, -0.25) is 9.10 Å². The van der Waals surface area contributed by atoms with E-state index in [1.807, 2.05) is 6.92 Å². The summed E-state index contributed by atoms with van der Waals surface area (Å²) in [5, 5.41) is 4.18. The molecule has 0 atom stereocenters. The monoisotopic (exact) mass is 474 g/mol. The second-order valence-corrected chi connectivity index (χ2v) is 9.39. The standard InChI is InChI=1S/C22H22N2O6S2/c1-4-30-18-10-8-17(9-11-18)24(2)32(27,28)19-12-13-31-20(19)21(25)23-16-7-5-6-15(14-16)22(26)29-3/h5-14H,4H2,1-3H3,(H,23,25). The molecule has 0 aliphatic heterocycles. The minimum Gasteiger partial charge on any atom is -0.494 e. The molecule has 1 heterocycles. The van der Waals surface area contributed by atoms with E-state index in [9.17, 15) is 18.0 Å². The fourth-order valence-electron chi connectivity index (χ4n) is 2.90. The number of esters is 1. The molecule has 3 rings (SSSR count). The summed E-state index contributed by atoms with van der Waals surface area (Å²) >= 11 is 1.01. The summed E-state index contributed by atoms with van der Waals surface area (Å²) in [6, 6.07) is 14.2. The number of benzene rings is 2. The Morgan fingerprint density at radius 1 is 1.09 bits per heavy atom. The Bertz CT molecular complexity index is 1220. The van der Waals surface area contributed by atoms with Crippen LogP contribution in [0, 0.1) is 0 Å². The van der Waals surface area contributed by atoms with Crippen molar-refractivity contribution in [2.75, 3.05) is 30.4 Å². The van der Waals surface area contributed by atoms with Gasteiger partial charge in [-0.1, -0.05) is 6.07 Å². The van der Waals surface area contributed by atoms with Crippen molar-refractivity contribution < 1.29 is 27.5 Å². The summed E-state index contributed by atoms with van der Waals surface area (Å²) in [5.41, 5.74) is 1.03. The number of sulfonamides is 1. The maximum atomic E-state index is 13.2. The highest BCUT2D eigenvalue weighted by Crippen LogP contribution is 2.29. The molecule has 1 N–H and O–H groups in total. The molecule has 1 aromatic heterocycles. The summed E-state index contributed by atoms with van der Waals surface area (Å²) < 4.78 is 37.6. The molecule has 0 fully saturated rings. The van der Waals surface area contributed by atoms with Gasteiger partial charge in [-0.05, 0) is 60.8 Å². The molecule has 0 aliphatic carbocycles. The first-order valence-corrected chi connectivity index (χ1v) is 11.9. The maximum absolute atomic E-state index is 13.2. The zero-order chi connectivity index (χ0) is 23.3. The Labute approximate surface area is 190 Å². The maximum Gasteiger partial charge on any atom is 0.337 e. The smallest absolute Gasteiger partial charge is 0.337 e. The topological polar surface area (TPSA) is 102 Å². The van der Waals surface area contributed by atoms with Gasteiger partial charge in [0.2, 0.25) is 0 Å². The average Bonchev–Trinajstić information content (AvgIpc) is 3.30. The summed E-state index contributed by atoms with van der Waals surface area (Å²) in [4.78, 5) is 24.5. The molecule has 0 radical (unpaired) electrons. The van der Waals surface area contributed by atoms with Crippen molar-refractivity contribution in [3.8, 4) is 5.75 Å². The number of carbonyl (C=O) groups is 2. The number of ether oxygens (including phenoxy) is 2. The lowest BCUT2D eigenvalue weighted by atomic mass is 10.2. The summed E-state index contributed by atoms with van der Waals surface area (Å²) in [7, 11) is -1.32. The van der Waals surface area contributed by atoms with Gasteiger partial charge in [0.05, 0.1) is 25.0 Å². The van der Waals surface area contributed by atoms with Crippen molar-refractivity contribution in [3.63, 3.8) is 0 Å². The van der Waals surface area contributed by atoms with Crippen LogP contribution in [0.5, 0.6) is 5.75 Å². The molecule has 32 heavy (non-hydrogen) atoms. The van der Waals surface area contributed by atoms with Crippen LogP contribution in [-0.2, 0) is 14.8 Å². The number of nitrogens with zero attached hydrogens (tertiary/aromatic N) is 1. The second-order valence-electron chi connectivity index (χ2n) is 6.54. The summed E-state index contributed by atoms with van der Waals surface area (Å²) in [5.74, 6) is -0.509. The number of rotatable bonds is 8. The quantitative estimate of drug-likeness (QED) is 0.495. The number of hydrogen-bond acceptors (Lipinski definition) is 7. The van der Waals surface area contributed by atoms with Crippen molar-refractivity contribution in [2.24, 2.45) is 0 Å². The number of hydrogen-bond donors (Lipinski definition) is 1. The van der Waals surface area contributed by atoms with Gasteiger partial charge < -0.3 is 14.8 Å². The number of anilines is 2. The van der Waals surface area contributed by atoms with Crippen LogP contribution in [0.4, 0.5) is 11.4 Å². The predicted molar refractivity (Wildman–Crippen MR) is 123 cm³/mol. The number of nitrogens with one attached hydrogen (secondary N) is 1. The minimum atomic E-state index is -4.00. The van der Waals surface area contributed by atoms with Crippen molar-refractivity contribution in [1.82, 2.24) is 0 Å². The van der Waals surface area contributed by atoms with Crippen LogP contribution in [0.3, 0.4) is 0 Å². The van der Waals surface area contributed by atoms with Crippen LogP contribution in [0.1, 0.15) is 27.0 Å².